The zero-order valence-electron chi connectivity index (χ0n) is 16.0. The van der Waals surface area contributed by atoms with Gasteiger partial charge in [0.25, 0.3) is 11.8 Å². The minimum absolute atomic E-state index is 0.0680. The molecule has 2 saturated carbocycles. The molecule has 29 heavy (non-hydrogen) atoms. The molecule has 0 saturated heterocycles. The Morgan fingerprint density at radius 3 is 2.28 bits per heavy atom. The number of hydrogen-bond acceptors (Lipinski definition) is 3. The van der Waals surface area contributed by atoms with Gasteiger partial charge in [0, 0.05) is 23.2 Å². The molecular formula is C23H22N4O2. The molecule has 0 atom stereocenters. The number of hydrogen-bond donors (Lipinski definition) is 2. The van der Waals surface area contributed by atoms with Gasteiger partial charge in [-0.15, -0.1) is 0 Å². The Bertz CT molecular complexity index is 1050. The second kappa shape index (κ2) is 7.20. The van der Waals surface area contributed by atoms with E-state index in [-0.39, 0.29) is 11.8 Å². The number of benzene rings is 2. The molecule has 2 fully saturated rings. The number of nitrogens with one attached hydrogen (secondary N) is 2. The molecule has 0 aliphatic heterocycles. The van der Waals surface area contributed by atoms with Gasteiger partial charge in [-0.05, 0) is 68.1 Å². The van der Waals surface area contributed by atoms with Gasteiger partial charge in [0.1, 0.15) is 5.69 Å². The van der Waals surface area contributed by atoms with Crippen LogP contribution in [-0.4, -0.2) is 27.6 Å². The quantitative estimate of drug-likeness (QED) is 0.675. The first-order chi connectivity index (χ1) is 14.2. The number of para-hydroxylation sites is 1. The largest absolute Gasteiger partial charge is 0.349 e. The Hall–Kier alpha value is -3.41. The van der Waals surface area contributed by atoms with E-state index in [1.54, 1.807) is 28.9 Å². The fraction of sp³-hybridized carbons (Fsp3) is 0.261. The molecule has 1 aromatic heterocycles. The number of carbonyl (C=O) groups is 2. The topological polar surface area (TPSA) is 76.0 Å². The molecule has 0 radical (unpaired) electrons. The van der Waals surface area contributed by atoms with Crippen LogP contribution in [0.3, 0.4) is 0 Å². The molecule has 3 aromatic rings. The molecule has 5 rings (SSSR count). The molecule has 6 heteroatoms. The number of aromatic nitrogens is 2. The number of nitrogens with zero attached hydrogens (tertiary/aromatic N) is 2. The van der Waals surface area contributed by atoms with Crippen LogP contribution in [0, 0.1) is 0 Å². The number of carbonyl (C=O) groups excluding carboxylic acids is 2. The van der Waals surface area contributed by atoms with Crippen LogP contribution < -0.4 is 10.6 Å². The zero-order chi connectivity index (χ0) is 19.8. The van der Waals surface area contributed by atoms with Crippen molar-refractivity contribution in [3.05, 3.63) is 77.6 Å². The average molecular weight is 386 g/mol. The van der Waals surface area contributed by atoms with E-state index in [4.69, 9.17) is 0 Å². The van der Waals surface area contributed by atoms with Gasteiger partial charge in [-0.2, -0.15) is 5.10 Å². The first kappa shape index (κ1) is 17.7. The lowest BCUT2D eigenvalue weighted by molar-refractivity contribution is 0.0950. The van der Waals surface area contributed by atoms with E-state index in [1.165, 1.54) is 0 Å². The molecule has 1 heterocycles. The predicted molar refractivity (Wildman–Crippen MR) is 110 cm³/mol. The van der Waals surface area contributed by atoms with Crippen molar-refractivity contribution in [2.75, 3.05) is 5.32 Å². The highest BCUT2D eigenvalue weighted by atomic mass is 16.2. The molecule has 2 aliphatic rings. The van der Waals surface area contributed by atoms with Gasteiger partial charge >= 0.3 is 0 Å². The van der Waals surface area contributed by atoms with Crippen LogP contribution in [0.2, 0.25) is 0 Å². The highest BCUT2D eigenvalue weighted by Gasteiger charge is 2.29. The second-order valence-electron chi connectivity index (χ2n) is 7.76. The number of anilines is 1. The van der Waals surface area contributed by atoms with Gasteiger partial charge in [0.05, 0.1) is 11.4 Å². The standard InChI is InChI=1S/C23H22N4O2/c28-22(24-18-12-13-18)16-8-10-17(11-9-16)25-23(29)21-14-20(15-6-7-15)26-27(21)19-4-2-1-3-5-19/h1-5,8-11,14-15,18H,6-7,12-13H2,(H,24,28)(H,25,29). The van der Waals surface area contributed by atoms with E-state index >= 15 is 0 Å². The summed E-state index contributed by atoms with van der Waals surface area (Å²) < 4.78 is 1.71. The molecule has 0 unspecified atom stereocenters. The average Bonchev–Trinajstić information content (AvgIpc) is 3.68. The van der Waals surface area contributed by atoms with Crippen LogP contribution in [0.25, 0.3) is 5.69 Å². The third-order valence-electron chi connectivity index (χ3n) is 5.27. The lowest BCUT2D eigenvalue weighted by Crippen LogP contribution is -2.25. The fourth-order valence-electron chi connectivity index (χ4n) is 3.30. The van der Waals surface area contributed by atoms with Crippen LogP contribution >= 0.6 is 0 Å². The van der Waals surface area contributed by atoms with Crippen LogP contribution in [0.4, 0.5) is 5.69 Å². The summed E-state index contributed by atoms with van der Waals surface area (Å²) >= 11 is 0. The molecule has 2 aromatic carbocycles. The lowest BCUT2D eigenvalue weighted by Gasteiger charge is -2.09. The summed E-state index contributed by atoms with van der Waals surface area (Å²) in [5.41, 5.74) is 3.57. The van der Waals surface area contributed by atoms with Crippen LogP contribution in [-0.2, 0) is 0 Å². The highest BCUT2D eigenvalue weighted by Crippen LogP contribution is 2.39. The smallest absolute Gasteiger partial charge is 0.274 e. The van der Waals surface area contributed by atoms with Crippen molar-refractivity contribution in [3.8, 4) is 5.69 Å². The first-order valence-electron chi connectivity index (χ1n) is 10.0. The fourth-order valence-corrected chi connectivity index (χ4v) is 3.30. The van der Waals surface area contributed by atoms with E-state index < -0.39 is 0 Å². The molecule has 2 N–H and O–H groups in total. The van der Waals surface area contributed by atoms with Gasteiger partial charge < -0.3 is 10.6 Å². The van der Waals surface area contributed by atoms with E-state index in [1.807, 2.05) is 36.4 Å². The molecule has 0 bridgehead atoms. The summed E-state index contributed by atoms with van der Waals surface area (Å²) in [6.07, 6.45) is 4.35. The second-order valence-corrected chi connectivity index (χ2v) is 7.76. The molecule has 6 nitrogen and oxygen atoms in total. The van der Waals surface area contributed by atoms with E-state index in [9.17, 15) is 9.59 Å². The van der Waals surface area contributed by atoms with Gasteiger partial charge in [0.2, 0.25) is 0 Å². The molecule has 2 amide bonds. The first-order valence-corrected chi connectivity index (χ1v) is 10.0. The maximum absolute atomic E-state index is 13.0. The maximum Gasteiger partial charge on any atom is 0.274 e. The van der Waals surface area contributed by atoms with Gasteiger partial charge in [-0.3, -0.25) is 9.59 Å². The Morgan fingerprint density at radius 1 is 0.897 bits per heavy atom. The van der Waals surface area contributed by atoms with Crippen LogP contribution in [0.5, 0.6) is 0 Å². The lowest BCUT2D eigenvalue weighted by atomic mass is 10.2. The minimum Gasteiger partial charge on any atom is -0.349 e. The summed E-state index contributed by atoms with van der Waals surface area (Å²) in [5, 5.41) is 10.6. The number of rotatable bonds is 6. The monoisotopic (exact) mass is 386 g/mol. The molecule has 146 valence electrons. The SMILES string of the molecule is O=C(NC1CC1)c1ccc(NC(=O)c2cc(C3CC3)nn2-c2ccccc2)cc1. The maximum atomic E-state index is 13.0. The Kier molecular flexibility index (Phi) is 4.39. The van der Waals surface area contributed by atoms with Crippen molar-refractivity contribution in [1.29, 1.82) is 0 Å². The molecular weight excluding hydrogens is 364 g/mol. The van der Waals surface area contributed by atoms with Crippen molar-refractivity contribution in [3.63, 3.8) is 0 Å². The van der Waals surface area contributed by atoms with Crippen molar-refractivity contribution >= 4 is 17.5 Å². The van der Waals surface area contributed by atoms with E-state index in [0.29, 0.717) is 28.9 Å². The summed E-state index contributed by atoms with van der Waals surface area (Å²) in [5.74, 6) is 0.167. The van der Waals surface area contributed by atoms with Gasteiger partial charge in [0.15, 0.2) is 0 Å². The van der Waals surface area contributed by atoms with Crippen LogP contribution in [0.1, 0.15) is 58.1 Å². The normalized spacial score (nSPS) is 15.7. The predicted octanol–water partition coefficient (Wildman–Crippen LogP) is 3.89. The van der Waals surface area contributed by atoms with Gasteiger partial charge in [-0.25, -0.2) is 4.68 Å². The van der Waals surface area contributed by atoms with Crippen molar-refractivity contribution < 1.29 is 9.59 Å². The number of amides is 2. The Morgan fingerprint density at radius 2 is 1.62 bits per heavy atom. The summed E-state index contributed by atoms with van der Waals surface area (Å²) in [6.45, 7) is 0. The van der Waals surface area contributed by atoms with Crippen molar-refractivity contribution in [1.82, 2.24) is 15.1 Å². The summed E-state index contributed by atoms with van der Waals surface area (Å²) in [7, 11) is 0. The van der Waals surface area contributed by atoms with Gasteiger partial charge in [-0.1, -0.05) is 18.2 Å². The van der Waals surface area contributed by atoms with E-state index in [0.717, 1.165) is 37.1 Å². The van der Waals surface area contributed by atoms with E-state index in [2.05, 4.69) is 15.7 Å². The molecule has 0 spiro atoms. The minimum atomic E-state index is -0.219. The van der Waals surface area contributed by atoms with Crippen molar-refractivity contribution in [2.24, 2.45) is 0 Å². The summed E-state index contributed by atoms with van der Waals surface area (Å²) in [4.78, 5) is 25.1. The Balaban J connectivity index is 1.35. The Labute approximate surface area is 168 Å². The van der Waals surface area contributed by atoms with Crippen LogP contribution in [0.15, 0.2) is 60.7 Å². The third kappa shape index (κ3) is 3.92. The summed E-state index contributed by atoms with van der Waals surface area (Å²) in [6, 6.07) is 18.9. The molecule has 2 aliphatic carbocycles. The third-order valence-corrected chi connectivity index (χ3v) is 5.27. The van der Waals surface area contributed by atoms with Crippen molar-refractivity contribution in [2.45, 2.75) is 37.6 Å². The zero-order valence-corrected chi connectivity index (χ0v) is 16.0. The highest BCUT2D eigenvalue weighted by molar-refractivity contribution is 6.04.